The summed E-state index contributed by atoms with van der Waals surface area (Å²) in [7, 11) is -0.344. The number of hydrogen-bond donors (Lipinski definition) is 0. The van der Waals surface area contributed by atoms with Crippen LogP contribution in [0.2, 0.25) is 6.04 Å². The lowest BCUT2D eigenvalue weighted by atomic mass is 10.3. The van der Waals surface area contributed by atoms with Gasteiger partial charge in [0.15, 0.2) is 9.76 Å². The van der Waals surface area contributed by atoms with Crippen molar-refractivity contribution in [3.05, 3.63) is 0 Å². The van der Waals surface area contributed by atoms with Crippen LogP contribution < -0.4 is 0 Å². The summed E-state index contributed by atoms with van der Waals surface area (Å²) in [6, 6.07) is 1.29. The topological polar surface area (TPSA) is 19.0 Å². The number of nitrogens with zero attached hydrogens (tertiary/aromatic N) is 3. The van der Waals surface area contributed by atoms with Crippen molar-refractivity contribution in [2.45, 2.75) is 79.4 Å². The van der Waals surface area contributed by atoms with E-state index in [-0.39, 0.29) is 9.76 Å². The second-order valence-electron chi connectivity index (χ2n) is 7.69. The summed E-state index contributed by atoms with van der Waals surface area (Å²) in [6.07, 6.45) is 5.54. The molecule has 0 heterocycles. The van der Waals surface area contributed by atoms with Crippen molar-refractivity contribution >= 4 is 9.76 Å². The van der Waals surface area contributed by atoms with Crippen LogP contribution in [0.3, 0.4) is 0 Å². The maximum atomic E-state index is 5.87. The van der Waals surface area contributed by atoms with E-state index in [2.05, 4.69) is 56.2 Å². The van der Waals surface area contributed by atoms with Crippen molar-refractivity contribution in [1.29, 1.82) is 0 Å². The fourth-order valence-corrected chi connectivity index (χ4v) is 4.68. The molecule has 0 aromatic heterocycles. The first kappa shape index (κ1) is 26.1. The average Bonchev–Trinajstić information content (AvgIpc) is 2.62. The zero-order chi connectivity index (χ0) is 19.6. The van der Waals surface area contributed by atoms with Gasteiger partial charge in [0.05, 0.1) is 0 Å². The molecule has 0 spiro atoms. The van der Waals surface area contributed by atoms with E-state index in [9.17, 15) is 0 Å². The van der Waals surface area contributed by atoms with Crippen LogP contribution in [0, 0.1) is 0 Å². The van der Waals surface area contributed by atoms with Crippen LogP contribution in [0.4, 0.5) is 0 Å². The molecule has 0 aliphatic carbocycles. The van der Waals surface area contributed by atoms with Crippen LogP contribution in [0.25, 0.3) is 0 Å². The van der Waals surface area contributed by atoms with E-state index in [0.29, 0.717) is 6.10 Å². The van der Waals surface area contributed by atoms with E-state index in [4.69, 9.17) is 4.43 Å². The molecule has 0 atom stereocenters. The first-order valence-corrected chi connectivity index (χ1v) is 12.9. The predicted molar refractivity (Wildman–Crippen MR) is 120 cm³/mol. The van der Waals surface area contributed by atoms with E-state index in [1.807, 2.05) is 0 Å². The molecule has 0 aromatic carbocycles. The van der Waals surface area contributed by atoms with Gasteiger partial charge in [-0.15, -0.1) is 0 Å². The minimum atomic E-state index is -0.344. The highest BCUT2D eigenvalue weighted by Crippen LogP contribution is 2.02. The van der Waals surface area contributed by atoms with Gasteiger partial charge >= 0.3 is 0 Å². The maximum Gasteiger partial charge on any atom is 0.163 e. The number of rotatable bonds is 19. The third-order valence-electron chi connectivity index (χ3n) is 4.94. The monoisotopic (exact) mass is 387 g/mol. The lowest BCUT2D eigenvalue weighted by molar-refractivity contribution is 0.214. The normalized spacial score (nSPS) is 12.7. The van der Waals surface area contributed by atoms with Crippen molar-refractivity contribution in [3.8, 4) is 0 Å². The summed E-state index contributed by atoms with van der Waals surface area (Å²) in [5.41, 5.74) is 0. The minimum absolute atomic E-state index is 0.344. The van der Waals surface area contributed by atoms with Crippen molar-refractivity contribution in [1.82, 2.24) is 14.7 Å². The molecule has 0 N–H and O–H groups in total. The van der Waals surface area contributed by atoms with Crippen LogP contribution in [0.1, 0.15) is 67.2 Å². The molecule has 5 heteroatoms. The molecule has 0 radical (unpaired) electrons. The Balaban J connectivity index is 4.22. The Hall–Kier alpha value is 0.0569. The molecule has 0 bridgehead atoms. The van der Waals surface area contributed by atoms with Crippen LogP contribution in [0.5, 0.6) is 0 Å². The summed E-state index contributed by atoms with van der Waals surface area (Å²) >= 11 is 0. The second-order valence-corrected chi connectivity index (χ2v) is 9.14. The van der Waals surface area contributed by atoms with Gasteiger partial charge in [-0.1, -0.05) is 27.7 Å². The maximum absolute atomic E-state index is 5.87. The van der Waals surface area contributed by atoms with Crippen LogP contribution in [0.15, 0.2) is 0 Å². The Morgan fingerprint density at radius 2 is 1.12 bits per heavy atom. The van der Waals surface area contributed by atoms with Crippen molar-refractivity contribution in [2.24, 2.45) is 0 Å². The summed E-state index contributed by atoms with van der Waals surface area (Å²) < 4.78 is 5.87. The lowest BCUT2D eigenvalue weighted by Gasteiger charge is -2.26. The van der Waals surface area contributed by atoms with E-state index in [0.717, 1.165) is 0 Å². The molecule has 0 amide bonds. The molecule has 0 rings (SSSR count). The van der Waals surface area contributed by atoms with Crippen molar-refractivity contribution < 1.29 is 4.43 Å². The van der Waals surface area contributed by atoms with Gasteiger partial charge in [0.1, 0.15) is 0 Å². The minimum Gasteiger partial charge on any atom is -0.422 e. The van der Waals surface area contributed by atoms with Gasteiger partial charge in [-0.25, -0.2) is 0 Å². The molecule has 0 saturated heterocycles. The Morgan fingerprint density at radius 1 is 0.654 bits per heavy atom. The molecular weight excluding hydrogens is 338 g/mol. The van der Waals surface area contributed by atoms with Gasteiger partial charge in [0.2, 0.25) is 0 Å². The second kappa shape index (κ2) is 18.4. The van der Waals surface area contributed by atoms with Crippen molar-refractivity contribution in [2.75, 3.05) is 58.9 Å². The molecule has 0 fully saturated rings. The Kier molecular flexibility index (Phi) is 18.5. The summed E-state index contributed by atoms with van der Waals surface area (Å²) in [5, 5.41) is 0. The summed E-state index contributed by atoms with van der Waals surface area (Å²) in [6.45, 7) is 24.5. The highest BCUT2D eigenvalue weighted by Gasteiger charge is 2.09. The van der Waals surface area contributed by atoms with Crippen molar-refractivity contribution in [3.63, 3.8) is 0 Å². The zero-order valence-corrected chi connectivity index (χ0v) is 20.3. The van der Waals surface area contributed by atoms with E-state index >= 15 is 0 Å². The van der Waals surface area contributed by atoms with Gasteiger partial charge < -0.3 is 19.1 Å². The quantitative estimate of drug-likeness (QED) is 0.249. The van der Waals surface area contributed by atoms with Gasteiger partial charge in [0, 0.05) is 6.10 Å². The van der Waals surface area contributed by atoms with E-state index < -0.39 is 0 Å². The molecule has 0 aliphatic heterocycles. The zero-order valence-electron chi connectivity index (χ0n) is 18.9. The SMILES string of the molecule is CCCN(CC)CCCN(CCCN(CC)CCC)CC[SiH2]OC(C)C. The largest absolute Gasteiger partial charge is 0.422 e. The standard InChI is InChI=1S/C21H49N3OSi/c1-7-13-22(9-3)15-11-17-24(19-20-26-25-21(5)6)18-12-16-23(10-4)14-8-2/h21H,7-20,26H2,1-6H3. The van der Waals surface area contributed by atoms with Gasteiger partial charge in [0.25, 0.3) is 0 Å². The van der Waals surface area contributed by atoms with Crippen LogP contribution in [-0.2, 0) is 4.43 Å². The van der Waals surface area contributed by atoms with Gasteiger partial charge in [-0.05, 0) is 104 Å². The van der Waals surface area contributed by atoms with E-state index in [1.54, 1.807) is 0 Å². The molecule has 158 valence electrons. The highest BCUT2D eigenvalue weighted by molar-refractivity contribution is 6.27. The highest BCUT2D eigenvalue weighted by atomic mass is 28.2. The number of hydrogen-bond acceptors (Lipinski definition) is 4. The predicted octanol–water partition coefficient (Wildman–Crippen LogP) is 3.46. The third-order valence-corrected chi connectivity index (χ3v) is 6.45. The van der Waals surface area contributed by atoms with Gasteiger partial charge in [-0.2, -0.15) is 0 Å². The van der Waals surface area contributed by atoms with Crippen LogP contribution in [-0.4, -0.2) is 89.5 Å². The van der Waals surface area contributed by atoms with Gasteiger partial charge in [-0.3, -0.25) is 0 Å². The molecular formula is C21H49N3OSi. The molecule has 4 nitrogen and oxygen atoms in total. The Labute approximate surface area is 167 Å². The molecule has 26 heavy (non-hydrogen) atoms. The fourth-order valence-electron chi connectivity index (χ4n) is 3.47. The summed E-state index contributed by atoms with van der Waals surface area (Å²) in [4.78, 5) is 7.89. The first-order chi connectivity index (χ1) is 12.6. The molecule has 0 saturated carbocycles. The molecule has 0 unspecified atom stereocenters. The lowest BCUT2D eigenvalue weighted by Crippen LogP contribution is -2.34. The molecule has 0 aliphatic rings. The summed E-state index contributed by atoms with van der Waals surface area (Å²) in [5.74, 6) is 0. The van der Waals surface area contributed by atoms with E-state index in [1.165, 1.54) is 90.6 Å². The van der Waals surface area contributed by atoms with Crippen LogP contribution >= 0.6 is 0 Å². The fraction of sp³-hybridized carbons (Fsp3) is 1.00. The average molecular weight is 388 g/mol. The third kappa shape index (κ3) is 15.1. The first-order valence-electron chi connectivity index (χ1n) is 11.4. The Morgan fingerprint density at radius 3 is 1.50 bits per heavy atom. The Bertz CT molecular complexity index is 272. The molecule has 0 aromatic rings. The smallest absolute Gasteiger partial charge is 0.163 e.